The lowest BCUT2D eigenvalue weighted by Gasteiger charge is -2.17. The first kappa shape index (κ1) is 12.1. The molecule has 0 aliphatic carbocycles. The fourth-order valence-electron chi connectivity index (χ4n) is 2.36. The Kier molecular flexibility index (Phi) is 3.79. The van der Waals surface area contributed by atoms with E-state index in [-0.39, 0.29) is 11.9 Å². The Morgan fingerprint density at radius 3 is 3.00 bits per heavy atom. The van der Waals surface area contributed by atoms with E-state index in [4.69, 9.17) is 0 Å². The van der Waals surface area contributed by atoms with Crippen LogP contribution in [0.25, 0.3) is 0 Å². The Bertz CT molecular complexity index is 403. The lowest BCUT2D eigenvalue weighted by atomic mass is 10.1. The summed E-state index contributed by atoms with van der Waals surface area (Å²) in [7, 11) is 0. The van der Waals surface area contributed by atoms with Gasteiger partial charge in [0.2, 0.25) is 5.91 Å². The molecular weight excluding hydrogens is 212 g/mol. The van der Waals surface area contributed by atoms with E-state index in [0.717, 1.165) is 26.1 Å². The number of likely N-dealkylation sites (N-methyl/N-ethyl adjacent to an activating group) is 1. The highest BCUT2D eigenvalue weighted by molar-refractivity contribution is 5.83. The van der Waals surface area contributed by atoms with Gasteiger partial charge in [-0.1, -0.05) is 36.8 Å². The summed E-state index contributed by atoms with van der Waals surface area (Å²) in [5.74, 6) is 0.244. The van der Waals surface area contributed by atoms with Crippen LogP contribution in [0, 0.1) is 6.92 Å². The first-order chi connectivity index (χ1) is 8.20. The SMILES string of the molecule is CCNC1CCN(Cc2cccc(C)c2)C1=O. The number of hydrogen-bond acceptors (Lipinski definition) is 2. The Balaban J connectivity index is 1.99. The van der Waals surface area contributed by atoms with Gasteiger partial charge in [0.05, 0.1) is 6.04 Å². The van der Waals surface area contributed by atoms with E-state index in [1.807, 2.05) is 17.9 Å². The van der Waals surface area contributed by atoms with Crippen LogP contribution in [-0.2, 0) is 11.3 Å². The van der Waals surface area contributed by atoms with Crippen molar-refractivity contribution < 1.29 is 4.79 Å². The summed E-state index contributed by atoms with van der Waals surface area (Å²) >= 11 is 0. The molecule has 1 heterocycles. The standard InChI is InChI=1S/C14H20N2O/c1-3-15-13-7-8-16(14(13)17)10-12-6-4-5-11(2)9-12/h4-6,9,13,15H,3,7-8,10H2,1-2H3. The topological polar surface area (TPSA) is 32.3 Å². The van der Waals surface area contributed by atoms with Gasteiger partial charge in [-0.3, -0.25) is 4.79 Å². The number of carbonyl (C=O) groups is 1. The van der Waals surface area contributed by atoms with Gasteiger partial charge in [-0.25, -0.2) is 0 Å². The summed E-state index contributed by atoms with van der Waals surface area (Å²) in [6, 6.07) is 8.39. The zero-order chi connectivity index (χ0) is 12.3. The van der Waals surface area contributed by atoms with Gasteiger partial charge in [-0.15, -0.1) is 0 Å². The van der Waals surface area contributed by atoms with E-state index in [0.29, 0.717) is 0 Å². The van der Waals surface area contributed by atoms with Gasteiger partial charge < -0.3 is 10.2 Å². The molecule has 1 N–H and O–H groups in total. The van der Waals surface area contributed by atoms with Gasteiger partial charge in [0, 0.05) is 13.1 Å². The highest BCUT2D eigenvalue weighted by Gasteiger charge is 2.30. The summed E-state index contributed by atoms with van der Waals surface area (Å²) in [5.41, 5.74) is 2.47. The summed E-state index contributed by atoms with van der Waals surface area (Å²) < 4.78 is 0. The smallest absolute Gasteiger partial charge is 0.240 e. The van der Waals surface area contributed by atoms with Crippen molar-refractivity contribution in [1.29, 1.82) is 0 Å². The zero-order valence-electron chi connectivity index (χ0n) is 10.6. The maximum absolute atomic E-state index is 12.0. The van der Waals surface area contributed by atoms with Crippen LogP contribution >= 0.6 is 0 Å². The van der Waals surface area contributed by atoms with Crippen LogP contribution < -0.4 is 5.32 Å². The van der Waals surface area contributed by atoms with Crippen molar-refractivity contribution in [2.45, 2.75) is 32.9 Å². The molecule has 1 amide bonds. The normalized spacial score (nSPS) is 20.0. The number of likely N-dealkylation sites (tertiary alicyclic amines) is 1. The Morgan fingerprint density at radius 1 is 1.47 bits per heavy atom. The molecule has 2 rings (SSSR count). The molecule has 3 heteroatoms. The number of hydrogen-bond donors (Lipinski definition) is 1. The molecule has 3 nitrogen and oxygen atoms in total. The third kappa shape index (κ3) is 2.86. The molecule has 0 radical (unpaired) electrons. The van der Waals surface area contributed by atoms with E-state index >= 15 is 0 Å². The second kappa shape index (κ2) is 5.32. The number of nitrogens with one attached hydrogen (secondary N) is 1. The molecule has 1 saturated heterocycles. The van der Waals surface area contributed by atoms with Gasteiger partial charge in [0.25, 0.3) is 0 Å². The molecule has 1 aromatic carbocycles. The van der Waals surface area contributed by atoms with Gasteiger partial charge >= 0.3 is 0 Å². The monoisotopic (exact) mass is 232 g/mol. The summed E-state index contributed by atoms with van der Waals surface area (Å²) in [6.07, 6.45) is 0.929. The first-order valence-corrected chi connectivity index (χ1v) is 6.28. The van der Waals surface area contributed by atoms with Gasteiger partial charge in [0.15, 0.2) is 0 Å². The number of aryl methyl sites for hydroxylation is 1. The van der Waals surface area contributed by atoms with Crippen molar-refractivity contribution in [3.63, 3.8) is 0 Å². The minimum atomic E-state index is 0.0322. The van der Waals surface area contributed by atoms with Crippen molar-refractivity contribution in [2.75, 3.05) is 13.1 Å². The maximum Gasteiger partial charge on any atom is 0.240 e. The second-order valence-electron chi connectivity index (χ2n) is 4.65. The number of carbonyl (C=O) groups excluding carboxylic acids is 1. The Labute approximate surface area is 103 Å². The highest BCUT2D eigenvalue weighted by Crippen LogP contribution is 2.15. The molecule has 1 aliphatic heterocycles. The molecule has 1 aromatic rings. The highest BCUT2D eigenvalue weighted by atomic mass is 16.2. The quantitative estimate of drug-likeness (QED) is 0.857. The average Bonchev–Trinajstić information content (AvgIpc) is 2.62. The zero-order valence-corrected chi connectivity index (χ0v) is 10.6. The van der Waals surface area contributed by atoms with Crippen molar-refractivity contribution in [2.24, 2.45) is 0 Å². The van der Waals surface area contributed by atoms with Crippen molar-refractivity contribution in [3.8, 4) is 0 Å². The number of amides is 1. The molecule has 1 unspecified atom stereocenters. The van der Waals surface area contributed by atoms with E-state index in [1.165, 1.54) is 11.1 Å². The first-order valence-electron chi connectivity index (χ1n) is 6.28. The van der Waals surface area contributed by atoms with E-state index in [1.54, 1.807) is 0 Å². The van der Waals surface area contributed by atoms with E-state index < -0.39 is 0 Å². The van der Waals surface area contributed by atoms with Crippen LogP contribution in [0.5, 0.6) is 0 Å². The lowest BCUT2D eigenvalue weighted by Crippen LogP contribution is -2.37. The molecule has 0 bridgehead atoms. The third-order valence-corrected chi connectivity index (χ3v) is 3.20. The Morgan fingerprint density at radius 2 is 2.29 bits per heavy atom. The molecule has 1 fully saturated rings. The van der Waals surface area contributed by atoms with E-state index in [2.05, 4.69) is 30.4 Å². The predicted molar refractivity (Wildman–Crippen MR) is 68.7 cm³/mol. The van der Waals surface area contributed by atoms with Crippen LogP contribution in [-0.4, -0.2) is 29.9 Å². The summed E-state index contributed by atoms with van der Waals surface area (Å²) in [6.45, 7) is 6.58. The van der Waals surface area contributed by atoms with Crippen LogP contribution in [0.1, 0.15) is 24.5 Å². The number of benzene rings is 1. The minimum absolute atomic E-state index is 0.0322. The molecule has 0 saturated carbocycles. The second-order valence-corrected chi connectivity index (χ2v) is 4.65. The van der Waals surface area contributed by atoms with Gasteiger partial charge in [0.1, 0.15) is 0 Å². The van der Waals surface area contributed by atoms with Crippen molar-refractivity contribution in [3.05, 3.63) is 35.4 Å². The average molecular weight is 232 g/mol. The molecule has 1 atom stereocenters. The summed E-state index contributed by atoms with van der Waals surface area (Å²) in [5, 5.41) is 3.23. The molecule has 17 heavy (non-hydrogen) atoms. The van der Waals surface area contributed by atoms with Gasteiger partial charge in [-0.2, -0.15) is 0 Å². The largest absolute Gasteiger partial charge is 0.337 e. The Hall–Kier alpha value is -1.35. The fourth-order valence-corrected chi connectivity index (χ4v) is 2.36. The molecule has 0 spiro atoms. The minimum Gasteiger partial charge on any atom is -0.337 e. The van der Waals surface area contributed by atoms with Crippen LogP contribution in [0.4, 0.5) is 0 Å². The number of rotatable bonds is 4. The van der Waals surface area contributed by atoms with Crippen LogP contribution in [0.2, 0.25) is 0 Å². The molecular formula is C14H20N2O. The van der Waals surface area contributed by atoms with Gasteiger partial charge in [-0.05, 0) is 25.5 Å². The molecule has 92 valence electrons. The van der Waals surface area contributed by atoms with Crippen LogP contribution in [0.3, 0.4) is 0 Å². The van der Waals surface area contributed by atoms with Crippen LogP contribution in [0.15, 0.2) is 24.3 Å². The lowest BCUT2D eigenvalue weighted by molar-refractivity contribution is -0.129. The summed E-state index contributed by atoms with van der Waals surface area (Å²) in [4.78, 5) is 14.0. The third-order valence-electron chi connectivity index (χ3n) is 3.20. The predicted octanol–water partition coefficient (Wildman–Crippen LogP) is 1.71. The number of nitrogens with zero attached hydrogens (tertiary/aromatic N) is 1. The molecule has 1 aliphatic rings. The fraction of sp³-hybridized carbons (Fsp3) is 0.500. The van der Waals surface area contributed by atoms with Crippen molar-refractivity contribution >= 4 is 5.91 Å². The van der Waals surface area contributed by atoms with Crippen molar-refractivity contribution in [1.82, 2.24) is 10.2 Å². The van der Waals surface area contributed by atoms with E-state index in [9.17, 15) is 4.79 Å². The molecule has 0 aromatic heterocycles. The maximum atomic E-state index is 12.0.